The summed E-state index contributed by atoms with van der Waals surface area (Å²) in [6.07, 6.45) is 1.87. The number of benzene rings is 2. The van der Waals surface area contributed by atoms with Crippen LogP contribution in [-0.4, -0.2) is 0 Å². The minimum Gasteiger partial charge on any atom is -0.207 e. The van der Waals surface area contributed by atoms with Crippen LogP contribution in [0.3, 0.4) is 0 Å². The Bertz CT molecular complexity index is 655. The molecular weight excluding hydrogens is 358 g/mol. The largest absolute Gasteiger partial charge is 0.207 e. The summed E-state index contributed by atoms with van der Waals surface area (Å²) >= 11 is 9.06. The summed E-state index contributed by atoms with van der Waals surface area (Å²) in [6.45, 7) is 4.19. The van der Waals surface area contributed by atoms with Gasteiger partial charge >= 0.3 is 0 Å². The third-order valence-corrected chi connectivity index (χ3v) is 4.91. The standard InChI is InChI=1S/C17H16BrClF2/c1-3-10-5-6-12(7-11(10)4-2)17(18)13-8-16(21)14(19)9-15(13)20/h5-9,17H,3-4H2,1-2H3. The summed E-state index contributed by atoms with van der Waals surface area (Å²) < 4.78 is 27.6. The Hall–Kier alpha value is -0.930. The molecule has 0 radical (unpaired) electrons. The van der Waals surface area contributed by atoms with Crippen molar-refractivity contribution in [2.24, 2.45) is 0 Å². The van der Waals surface area contributed by atoms with Crippen molar-refractivity contribution in [2.45, 2.75) is 31.5 Å². The second kappa shape index (κ2) is 6.89. The maximum absolute atomic E-state index is 14.0. The monoisotopic (exact) mass is 372 g/mol. The van der Waals surface area contributed by atoms with Gasteiger partial charge in [0.05, 0.1) is 9.85 Å². The van der Waals surface area contributed by atoms with Crippen LogP contribution in [-0.2, 0) is 12.8 Å². The van der Waals surface area contributed by atoms with E-state index < -0.39 is 16.5 Å². The van der Waals surface area contributed by atoms with E-state index in [1.165, 1.54) is 11.1 Å². The number of hydrogen-bond donors (Lipinski definition) is 0. The molecule has 0 N–H and O–H groups in total. The Morgan fingerprint density at radius 2 is 1.67 bits per heavy atom. The van der Waals surface area contributed by atoms with Gasteiger partial charge in [0.15, 0.2) is 0 Å². The van der Waals surface area contributed by atoms with Gasteiger partial charge in [-0.1, -0.05) is 59.6 Å². The van der Waals surface area contributed by atoms with Gasteiger partial charge < -0.3 is 0 Å². The van der Waals surface area contributed by atoms with Gasteiger partial charge in [-0.25, -0.2) is 8.78 Å². The van der Waals surface area contributed by atoms with E-state index in [1.807, 2.05) is 18.2 Å². The normalized spacial score (nSPS) is 12.5. The van der Waals surface area contributed by atoms with Crippen molar-refractivity contribution in [1.29, 1.82) is 0 Å². The molecule has 1 atom stereocenters. The molecule has 2 aromatic carbocycles. The van der Waals surface area contributed by atoms with Crippen molar-refractivity contribution in [3.63, 3.8) is 0 Å². The van der Waals surface area contributed by atoms with Gasteiger partial charge in [0, 0.05) is 5.56 Å². The smallest absolute Gasteiger partial charge is 0.142 e. The van der Waals surface area contributed by atoms with Crippen LogP contribution in [0.1, 0.15) is 40.9 Å². The molecule has 0 aliphatic heterocycles. The Labute approximate surface area is 137 Å². The van der Waals surface area contributed by atoms with Crippen molar-refractivity contribution < 1.29 is 8.78 Å². The molecule has 0 amide bonds. The van der Waals surface area contributed by atoms with Crippen LogP contribution in [0.15, 0.2) is 30.3 Å². The van der Waals surface area contributed by atoms with E-state index in [9.17, 15) is 8.78 Å². The number of hydrogen-bond acceptors (Lipinski definition) is 0. The average Bonchev–Trinajstić information content (AvgIpc) is 2.49. The minimum atomic E-state index is -0.613. The van der Waals surface area contributed by atoms with Gasteiger partial charge in [0.25, 0.3) is 0 Å². The molecule has 2 aromatic rings. The number of halogens is 4. The Kier molecular flexibility index (Phi) is 5.39. The van der Waals surface area contributed by atoms with Crippen molar-refractivity contribution in [3.05, 3.63) is 69.2 Å². The first-order valence-corrected chi connectivity index (χ1v) is 8.17. The van der Waals surface area contributed by atoms with Crippen LogP contribution < -0.4 is 0 Å². The van der Waals surface area contributed by atoms with Crippen molar-refractivity contribution in [1.82, 2.24) is 0 Å². The first-order valence-electron chi connectivity index (χ1n) is 6.88. The van der Waals surface area contributed by atoms with Gasteiger partial charge in [-0.05, 0) is 41.7 Å². The molecule has 0 aliphatic carbocycles. The fourth-order valence-electron chi connectivity index (χ4n) is 2.39. The van der Waals surface area contributed by atoms with Crippen LogP contribution in [0, 0.1) is 11.6 Å². The summed E-state index contributed by atoms with van der Waals surface area (Å²) in [5, 5.41) is -0.202. The molecule has 1 unspecified atom stereocenters. The summed E-state index contributed by atoms with van der Waals surface area (Å²) in [5.41, 5.74) is 3.67. The third kappa shape index (κ3) is 3.46. The average molecular weight is 374 g/mol. The van der Waals surface area contributed by atoms with Crippen LogP contribution in [0.4, 0.5) is 8.78 Å². The summed E-state index contributed by atoms with van der Waals surface area (Å²) in [5.74, 6) is -1.13. The molecule has 21 heavy (non-hydrogen) atoms. The van der Waals surface area contributed by atoms with Gasteiger partial charge in [-0.3, -0.25) is 0 Å². The maximum atomic E-state index is 14.0. The highest BCUT2D eigenvalue weighted by Crippen LogP contribution is 2.35. The predicted octanol–water partition coefficient (Wildman–Crippen LogP) is 6.23. The highest BCUT2D eigenvalue weighted by atomic mass is 79.9. The highest BCUT2D eigenvalue weighted by Gasteiger charge is 2.18. The van der Waals surface area contributed by atoms with E-state index in [0.29, 0.717) is 0 Å². The van der Waals surface area contributed by atoms with E-state index in [4.69, 9.17) is 11.6 Å². The highest BCUT2D eigenvalue weighted by molar-refractivity contribution is 9.09. The number of rotatable bonds is 4. The number of aryl methyl sites for hydroxylation is 2. The molecule has 0 bridgehead atoms. The lowest BCUT2D eigenvalue weighted by Crippen LogP contribution is -2.01. The number of alkyl halides is 1. The fourth-order valence-corrected chi connectivity index (χ4v) is 3.18. The van der Waals surface area contributed by atoms with Gasteiger partial charge in [-0.2, -0.15) is 0 Å². The summed E-state index contributed by atoms with van der Waals surface area (Å²) in [6, 6.07) is 8.21. The lowest BCUT2D eigenvalue weighted by atomic mass is 9.96. The third-order valence-electron chi connectivity index (χ3n) is 3.60. The Morgan fingerprint density at radius 3 is 2.29 bits per heavy atom. The molecule has 2 rings (SSSR count). The quantitative estimate of drug-likeness (QED) is 0.440. The minimum absolute atomic E-state index is 0.202. The maximum Gasteiger partial charge on any atom is 0.142 e. The van der Waals surface area contributed by atoms with Crippen LogP contribution >= 0.6 is 27.5 Å². The van der Waals surface area contributed by atoms with Crippen molar-refractivity contribution in [3.8, 4) is 0 Å². The summed E-state index contributed by atoms with van der Waals surface area (Å²) in [4.78, 5) is -0.402. The van der Waals surface area contributed by atoms with Crippen LogP contribution in [0.5, 0.6) is 0 Å². The lowest BCUT2D eigenvalue weighted by Gasteiger charge is -2.15. The zero-order valence-electron chi connectivity index (χ0n) is 11.9. The molecule has 0 fully saturated rings. The van der Waals surface area contributed by atoms with E-state index in [2.05, 4.69) is 29.8 Å². The summed E-state index contributed by atoms with van der Waals surface area (Å²) in [7, 11) is 0. The molecule has 0 spiro atoms. The molecule has 0 saturated carbocycles. The molecule has 0 aromatic heterocycles. The Balaban J connectivity index is 2.45. The van der Waals surface area contributed by atoms with Gasteiger partial charge in [0.2, 0.25) is 0 Å². The molecular formula is C17H16BrClF2. The second-order valence-electron chi connectivity index (χ2n) is 4.89. The predicted molar refractivity (Wildman–Crippen MR) is 87.3 cm³/mol. The topological polar surface area (TPSA) is 0 Å². The second-order valence-corrected chi connectivity index (χ2v) is 6.21. The van der Waals surface area contributed by atoms with Crippen molar-refractivity contribution >= 4 is 27.5 Å². The van der Waals surface area contributed by atoms with Crippen LogP contribution in [0.2, 0.25) is 5.02 Å². The van der Waals surface area contributed by atoms with E-state index >= 15 is 0 Å². The molecule has 0 heterocycles. The van der Waals surface area contributed by atoms with E-state index in [1.54, 1.807) is 0 Å². The van der Waals surface area contributed by atoms with Crippen molar-refractivity contribution in [2.75, 3.05) is 0 Å². The zero-order valence-corrected chi connectivity index (χ0v) is 14.2. The molecule has 4 heteroatoms. The molecule has 0 nitrogen and oxygen atoms in total. The lowest BCUT2D eigenvalue weighted by molar-refractivity contribution is 0.588. The molecule has 0 saturated heterocycles. The Morgan fingerprint density at radius 1 is 1.00 bits per heavy atom. The zero-order chi connectivity index (χ0) is 15.6. The fraction of sp³-hybridized carbons (Fsp3) is 0.294. The van der Waals surface area contributed by atoms with Gasteiger partial charge in [-0.15, -0.1) is 0 Å². The SMILES string of the molecule is CCc1ccc(C(Br)c2cc(F)c(Cl)cc2F)cc1CC. The first kappa shape index (κ1) is 16.4. The molecule has 112 valence electrons. The molecule has 0 aliphatic rings. The first-order chi connectivity index (χ1) is 9.97. The van der Waals surface area contributed by atoms with Gasteiger partial charge in [0.1, 0.15) is 11.6 Å². The van der Waals surface area contributed by atoms with E-state index in [0.717, 1.165) is 30.5 Å². The van der Waals surface area contributed by atoms with E-state index in [-0.39, 0.29) is 10.6 Å². The van der Waals surface area contributed by atoms with Crippen LogP contribution in [0.25, 0.3) is 0 Å².